The second-order valence-electron chi connectivity index (χ2n) is 4.79. The molecule has 100 valence electrons. The van der Waals surface area contributed by atoms with Crippen LogP contribution in [0.4, 0.5) is 0 Å². The van der Waals surface area contributed by atoms with Gasteiger partial charge < -0.3 is 10.1 Å². The number of hydrogen-bond donors (Lipinski definition) is 1. The highest BCUT2D eigenvalue weighted by molar-refractivity contribution is 5.20. The lowest BCUT2D eigenvalue weighted by molar-refractivity contribution is 0.289. The van der Waals surface area contributed by atoms with Crippen LogP contribution in [0.3, 0.4) is 0 Å². The number of aromatic nitrogens is 3. The first-order valence-corrected chi connectivity index (χ1v) is 6.70. The second kappa shape index (κ2) is 5.84. The summed E-state index contributed by atoms with van der Waals surface area (Å²) < 4.78 is 7.45. The van der Waals surface area contributed by atoms with Gasteiger partial charge in [0, 0.05) is 18.8 Å². The molecule has 0 amide bonds. The van der Waals surface area contributed by atoms with Crippen molar-refractivity contribution >= 4 is 0 Å². The smallest absolute Gasteiger partial charge is 0.119 e. The summed E-state index contributed by atoms with van der Waals surface area (Å²) in [6.45, 7) is 2.12. The lowest BCUT2D eigenvalue weighted by Gasteiger charge is -2.05. The summed E-state index contributed by atoms with van der Waals surface area (Å²) in [5, 5.41) is 11.6. The zero-order valence-electron chi connectivity index (χ0n) is 10.8. The van der Waals surface area contributed by atoms with E-state index in [-0.39, 0.29) is 0 Å². The zero-order valence-corrected chi connectivity index (χ0v) is 10.8. The molecule has 0 saturated heterocycles. The van der Waals surface area contributed by atoms with Crippen molar-refractivity contribution in [2.75, 3.05) is 6.61 Å². The Morgan fingerprint density at radius 1 is 1.26 bits per heavy atom. The topological polar surface area (TPSA) is 52.0 Å². The molecule has 0 atom stereocenters. The minimum absolute atomic E-state index is 0.600. The normalized spacial score (nSPS) is 14.5. The highest BCUT2D eigenvalue weighted by Crippen LogP contribution is 2.18. The summed E-state index contributed by atoms with van der Waals surface area (Å²) in [5.41, 5.74) is 0.992. The first kappa shape index (κ1) is 12.2. The van der Waals surface area contributed by atoms with Crippen LogP contribution in [0.1, 0.15) is 18.5 Å². The van der Waals surface area contributed by atoms with E-state index in [1.165, 1.54) is 12.8 Å². The number of ether oxygens (including phenoxy) is 1. The Hall–Kier alpha value is -1.88. The van der Waals surface area contributed by atoms with Crippen molar-refractivity contribution in [2.45, 2.75) is 32.0 Å². The Bertz CT molecular complexity index is 507. The quantitative estimate of drug-likeness (QED) is 0.819. The predicted molar refractivity (Wildman–Crippen MR) is 71.8 cm³/mol. The van der Waals surface area contributed by atoms with E-state index in [1.54, 1.807) is 0 Å². The SMILES string of the molecule is c1ccc(OCCn2cc(CNC3CC3)nn2)cc1. The third kappa shape index (κ3) is 3.79. The van der Waals surface area contributed by atoms with Crippen molar-refractivity contribution in [3.05, 3.63) is 42.2 Å². The van der Waals surface area contributed by atoms with Crippen molar-refractivity contribution in [1.82, 2.24) is 20.3 Å². The summed E-state index contributed by atoms with van der Waals surface area (Å²) in [5.74, 6) is 0.887. The molecule has 1 N–H and O–H groups in total. The summed E-state index contributed by atoms with van der Waals surface area (Å²) in [6.07, 6.45) is 4.56. The number of rotatable bonds is 7. The number of benzene rings is 1. The maximum Gasteiger partial charge on any atom is 0.119 e. The molecule has 2 aromatic rings. The molecule has 1 fully saturated rings. The van der Waals surface area contributed by atoms with Gasteiger partial charge in [0.05, 0.1) is 12.2 Å². The molecule has 5 nitrogen and oxygen atoms in total. The van der Waals surface area contributed by atoms with Crippen molar-refractivity contribution < 1.29 is 4.74 Å². The Kier molecular flexibility index (Phi) is 3.74. The molecular formula is C14H18N4O. The first-order valence-electron chi connectivity index (χ1n) is 6.70. The van der Waals surface area contributed by atoms with E-state index in [0.717, 1.165) is 18.0 Å². The van der Waals surface area contributed by atoms with E-state index in [2.05, 4.69) is 15.6 Å². The molecule has 19 heavy (non-hydrogen) atoms. The molecule has 5 heteroatoms. The molecule has 3 rings (SSSR count). The number of nitrogens with one attached hydrogen (secondary N) is 1. The van der Waals surface area contributed by atoms with Crippen molar-refractivity contribution in [3.63, 3.8) is 0 Å². The summed E-state index contributed by atoms with van der Waals surface area (Å²) in [4.78, 5) is 0. The number of hydrogen-bond acceptors (Lipinski definition) is 4. The van der Waals surface area contributed by atoms with E-state index in [4.69, 9.17) is 4.74 Å². The fourth-order valence-electron chi connectivity index (χ4n) is 1.84. The summed E-state index contributed by atoms with van der Waals surface area (Å²) in [7, 11) is 0. The third-order valence-corrected chi connectivity index (χ3v) is 3.07. The third-order valence-electron chi connectivity index (χ3n) is 3.07. The van der Waals surface area contributed by atoms with Crippen LogP contribution < -0.4 is 10.1 Å². The number of para-hydroxylation sites is 1. The van der Waals surface area contributed by atoms with Crippen molar-refractivity contribution in [1.29, 1.82) is 0 Å². The van der Waals surface area contributed by atoms with Crippen LogP contribution in [-0.4, -0.2) is 27.6 Å². The van der Waals surface area contributed by atoms with Gasteiger partial charge in [-0.1, -0.05) is 23.4 Å². The monoisotopic (exact) mass is 258 g/mol. The van der Waals surface area contributed by atoms with Crippen LogP contribution in [0.5, 0.6) is 5.75 Å². The van der Waals surface area contributed by atoms with E-state index in [1.807, 2.05) is 41.2 Å². The minimum Gasteiger partial charge on any atom is -0.492 e. The zero-order chi connectivity index (χ0) is 12.9. The maximum absolute atomic E-state index is 5.62. The molecule has 0 unspecified atom stereocenters. The van der Waals surface area contributed by atoms with Crippen molar-refractivity contribution in [2.24, 2.45) is 0 Å². The molecule has 0 radical (unpaired) electrons. The van der Waals surface area contributed by atoms with Gasteiger partial charge in [-0.05, 0) is 25.0 Å². The highest BCUT2D eigenvalue weighted by atomic mass is 16.5. The lowest BCUT2D eigenvalue weighted by atomic mass is 10.3. The van der Waals surface area contributed by atoms with E-state index < -0.39 is 0 Å². The van der Waals surface area contributed by atoms with Gasteiger partial charge in [-0.2, -0.15) is 0 Å². The minimum atomic E-state index is 0.600. The Balaban J connectivity index is 1.42. The van der Waals surface area contributed by atoms with E-state index in [0.29, 0.717) is 19.2 Å². The molecule has 1 aliphatic rings. The Labute approximate surface area is 112 Å². The molecule has 0 aliphatic heterocycles. The van der Waals surface area contributed by atoms with Crippen LogP contribution in [0.25, 0.3) is 0 Å². The van der Waals surface area contributed by atoms with Gasteiger partial charge in [0.25, 0.3) is 0 Å². The van der Waals surface area contributed by atoms with Crippen LogP contribution in [0.15, 0.2) is 36.5 Å². The van der Waals surface area contributed by atoms with Crippen LogP contribution >= 0.6 is 0 Å². The first-order chi connectivity index (χ1) is 9.40. The number of nitrogens with zero attached hydrogens (tertiary/aromatic N) is 3. The molecule has 1 aliphatic carbocycles. The molecule has 0 bridgehead atoms. The largest absolute Gasteiger partial charge is 0.492 e. The van der Waals surface area contributed by atoms with Gasteiger partial charge in [-0.25, -0.2) is 4.68 Å². The Morgan fingerprint density at radius 2 is 2.11 bits per heavy atom. The van der Waals surface area contributed by atoms with Gasteiger partial charge in [0.2, 0.25) is 0 Å². The summed E-state index contributed by atoms with van der Waals surface area (Å²) in [6, 6.07) is 10.5. The van der Waals surface area contributed by atoms with Gasteiger partial charge in [0.15, 0.2) is 0 Å². The highest BCUT2D eigenvalue weighted by Gasteiger charge is 2.20. The molecular weight excluding hydrogens is 240 g/mol. The fourth-order valence-corrected chi connectivity index (χ4v) is 1.84. The molecule has 1 saturated carbocycles. The average Bonchev–Trinajstić information content (AvgIpc) is 3.17. The molecule has 1 aromatic heterocycles. The van der Waals surface area contributed by atoms with Gasteiger partial charge >= 0.3 is 0 Å². The lowest BCUT2D eigenvalue weighted by Crippen LogP contribution is -2.15. The van der Waals surface area contributed by atoms with E-state index in [9.17, 15) is 0 Å². The van der Waals surface area contributed by atoms with Crippen LogP contribution in [0.2, 0.25) is 0 Å². The van der Waals surface area contributed by atoms with Crippen molar-refractivity contribution in [3.8, 4) is 5.75 Å². The Morgan fingerprint density at radius 3 is 2.89 bits per heavy atom. The fraction of sp³-hybridized carbons (Fsp3) is 0.429. The van der Waals surface area contributed by atoms with E-state index >= 15 is 0 Å². The van der Waals surface area contributed by atoms with Gasteiger partial charge in [-0.15, -0.1) is 5.10 Å². The van der Waals surface area contributed by atoms with Crippen LogP contribution in [0, 0.1) is 0 Å². The van der Waals surface area contributed by atoms with Gasteiger partial charge in [0.1, 0.15) is 12.4 Å². The van der Waals surface area contributed by atoms with Crippen LogP contribution in [-0.2, 0) is 13.1 Å². The standard InChI is InChI=1S/C14H18N4O/c1-2-4-14(5-3-1)19-9-8-18-11-13(16-17-18)10-15-12-6-7-12/h1-5,11-12,15H,6-10H2. The second-order valence-corrected chi connectivity index (χ2v) is 4.79. The molecule has 1 heterocycles. The maximum atomic E-state index is 5.62. The molecule has 1 aromatic carbocycles. The summed E-state index contributed by atoms with van der Waals surface area (Å²) >= 11 is 0. The van der Waals surface area contributed by atoms with Gasteiger partial charge in [-0.3, -0.25) is 0 Å². The predicted octanol–water partition coefficient (Wildman–Crippen LogP) is 1.61. The average molecular weight is 258 g/mol. The molecule has 0 spiro atoms.